The number of Topliss-reactive ketones (excluding diaryl/α,β-unsaturated/α-hetero) is 1. The predicted molar refractivity (Wildman–Crippen MR) is 67.7 cm³/mol. The lowest BCUT2D eigenvalue weighted by Gasteiger charge is -2.10. The Balaban J connectivity index is 2.74. The average molecular weight is 250 g/mol. The molecule has 0 saturated carbocycles. The Morgan fingerprint density at radius 2 is 1.72 bits per heavy atom. The molecule has 0 amide bonds. The minimum Gasteiger partial charge on any atom is -0.494 e. The molecule has 0 heterocycles. The van der Waals surface area contributed by atoms with Crippen LogP contribution in [0.2, 0.25) is 0 Å². The molecule has 0 fully saturated rings. The lowest BCUT2D eigenvalue weighted by atomic mass is 9.99. The maximum Gasteiger partial charge on any atom is 0.316 e. The molecule has 0 radical (unpaired) electrons. The fraction of sp³-hybridized carbons (Fsp3) is 0.429. The van der Waals surface area contributed by atoms with Crippen LogP contribution in [0.15, 0.2) is 24.3 Å². The van der Waals surface area contributed by atoms with E-state index >= 15 is 0 Å². The van der Waals surface area contributed by atoms with Gasteiger partial charge in [-0.25, -0.2) is 0 Å². The summed E-state index contributed by atoms with van der Waals surface area (Å²) >= 11 is 0. The SMILES string of the molecule is CCOC(=O)[C@H](C)C(=O)c1ccc(OCC)cc1. The zero-order valence-corrected chi connectivity index (χ0v) is 10.9. The highest BCUT2D eigenvalue weighted by atomic mass is 16.5. The van der Waals surface area contributed by atoms with Crippen molar-refractivity contribution in [3.63, 3.8) is 0 Å². The second kappa shape index (κ2) is 6.79. The van der Waals surface area contributed by atoms with Crippen molar-refractivity contribution < 1.29 is 19.1 Å². The molecular weight excluding hydrogens is 232 g/mol. The minimum atomic E-state index is -0.775. The fourth-order valence-corrected chi connectivity index (χ4v) is 1.51. The van der Waals surface area contributed by atoms with Crippen LogP contribution in [-0.4, -0.2) is 25.0 Å². The number of carbonyl (C=O) groups excluding carboxylic acids is 2. The zero-order valence-electron chi connectivity index (χ0n) is 10.9. The van der Waals surface area contributed by atoms with Gasteiger partial charge >= 0.3 is 5.97 Å². The van der Waals surface area contributed by atoms with E-state index in [1.807, 2.05) is 6.92 Å². The van der Waals surface area contributed by atoms with E-state index in [0.29, 0.717) is 17.9 Å². The van der Waals surface area contributed by atoms with Crippen LogP contribution in [0.5, 0.6) is 5.75 Å². The first kappa shape index (κ1) is 14.2. The quantitative estimate of drug-likeness (QED) is 0.442. The van der Waals surface area contributed by atoms with Gasteiger partial charge in [0.2, 0.25) is 0 Å². The molecule has 0 saturated heterocycles. The number of ketones is 1. The van der Waals surface area contributed by atoms with Crippen molar-refractivity contribution in [3.05, 3.63) is 29.8 Å². The van der Waals surface area contributed by atoms with Crippen molar-refractivity contribution in [2.75, 3.05) is 13.2 Å². The number of carbonyl (C=O) groups is 2. The van der Waals surface area contributed by atoms with E-state index in [-0.39, 0.29) is 12.4 Å². The molecule has 1 aromatic rings. The van der Waals surface area contributed by atoms with Gasteiger partial charge in [-0.15, -0.1) is 0 Å². The summed E-state index contributed by atoms with van der Waals surface area (Å²) in [6.45, 7) is 6.01. The predicted octanol–water partition coefficient (Wildman–Crippen LogP) is 2.47. The molecule has 98 valence electrons. The normalized spacial score (nSPS) is 11.7. The van der Waals surface area contributed by atoms with Gasteiger partial charge in [0.05, 0.1) is 13.2 Å². The Morgan fingerprint density at radius 3 is 2.22 bits per heavy atom. The van der Waals surface area contributed by atoms with Gasteiger partial charge in [0.25, 0.3) is 0 Å². The third-order valence-electron chi connectivity index (χ3n) is 2.48. The third-order valence-corrected chi connectivity index (χ3v) is 2.48. The van der Waals surface area contributed by atoms with E-state index < -0.39 is 11.9 Å². The van der Waals surface area contributed by atoms with Gasteiger partial charge in [-0.1, -0.05) is 0 Å². The molecule has 0 unspecified atom stereocenters. The molecule has 0 aliphatic rings. The molecule has 18 heavy (non-hydrogen) atoms. The molecule has 0 spiro atoms. The number of ether oxygens (including phenoxy) is 2. The molecule has 0 N–H and O–H groups in total. The Hall–Kier alpha value is -1.84. The lowest BCUT2D eigenvalue weighted by molar-refractivity contribution is -0.145. The molecule has 0 aromatic heterocycles. The van der Waals surface area contributed by atoms with Crippen LogP contribution in [0.1, 0.15) is 31.1 Å². The largest absolute Gasteiger partial charge is 0.494 e. The van der Waals surface area contributed by atoms with Crippen LogP contribution >= 0.6 is 0 Å². The second-order valence-electron chi connectivity index (χ2n) is 3.80. The maximum absolute atomic E-state index is 12.0. The van der Waals surface area contributed by atoms with Gasteiger partial charge in [0.1, 0.15) is 11.7 Å². The van der Waals surface area contributed by atoms with E-state index in [4.69, 9.17) is 9.47 Å². The highest BCUT2D eigenvalue weighted by molar-refractivity contribution is 6.08. The average Bonchev–Trinajstić information content (AvgIpc) is 2.38. The molecule has 0 aliphatic heterocycles. The molecule has 1 atom stereocenters. The Bertz CT molecular complexity index is 408. The number of esters is 1. The fourth-order valence-electron chi connectivity index (χ4n) is 1.51. The van der Waals surface area contributed by atoms with Gasteiger partial charge in [0, 0.05) is 5.56 Å². The summed E-state index contributed by atoms with van der Waals surface area (Å²) in [5.41, 5.74) is 0.485. The van der Waals surface area contributed by atoms with Gasteiger partial charge in [-0.2, -0.15) is 0 Å². The van der Waals surface area contributed by atoms with Gasteiger partial charge in [0.15, 0.2) is 5.78 Å². The number of hydrogen-bond donors (Lipinski definition) is 0. The summed E-state index contributed by atoms with van der Waals surface area (Å²) < 4.78 is 10.1. The zero-order chi connectivity index (χ0) is 13.5. The number of hydrogen-bond acceptors (Lipinski definition) is 4. The summed E-state index contributed by atoms with van der Waals surface area (Å²) in [5.74, 6) is -0.798. The van der Waals surface area contributed by atoms with E-state index in [1.165, 1.54) is 0 Å². The van der Waals surface area contributed by atoms with Crippen LogP contribution in [0, 0.1) is 5.92 Å². The smallest absolute Gasteiger partial charge is 0.316 e. The summed E-state index contributed by atoms with van der Waals surface area (Å²) in [7, 11) is 0. The minimum absolute atomic E-state index is 0.239. The molecule has 4 heteroatoms. The van der Waals surface area contributed by atoms with E-state index in [9.17, 15) is 9.59 Å². The first-order valence-electron chi connectivity index (χ1n) is 6.03. The standard InChI is InChI=1S/C14H18O4/c1-4-17-12-8-6-11(7-9-12)13(15)10(3)14(16)18-5-2/h6-10H,4-5H2,1-3H3/t10-/m1/s1. The van der Waals surface area contributed by atoms with Crippen molar-refractivity contribution in [1.82, 2.24) is 0 Å². The topological polar surface area (TPSA) is 52.6 Å². The maximum atomic E-state index is 12.0. The molecule has 1 rings (SSSR count). The van der Waals surface area contributed by atoms with Crippen LogP contribution in [0.3, 0.4) is 0 Å². The Labute approximate surface area is 107 Å². The lowest BCUT2D eigenvalue weighted by Crippen LogP contribution is -2.23. The summed E-state index contributed by atoms with van der Waals surface area (Å²) in [6.07, 6.45) is 0. The first-order chi connectivity index (χ1) is 8.60. The summed E-state index contributed by atoms with van der Waals surface area (Å²) in [5, 5.41) is 0. The van der Waals surface area contributed by atoms with Crippen molar-refractivity contribution in [3.8, 4) is 5.75 Å². The molecule has 0 aliphatic carbocycles. The Kier molecular flexibility index (Phi) is 5.36. The van der Waals surface area contributed by atoms with Crippen molar-refractivity contribution in [2.45, 2.75) is 20.8 Å². The van der Waals surface area contributed by atoms with Crippen LogP contribution < -0.4 is 4.74 Å². The molecular formula is C14H18O4. The van der Waals surface area contributed by atoms with Crippen LogP contribution in [-0.2, 0) is 9.53 Å². The highest BCUT2D eigenvalue weighted by Gasteiger charge is 2.23. The van der Waals surface area contributed by atoms with Crippen LogP contribution in [0.25, 0.3) is 0 Å². The molecule has 0 bridgehead atoms. The van der Waals surface area contributed by atoms with E-state index in [0.717, 1.165) is 0 Å². The molecule has 1 aromatic carbocycles. The molecule has 4 nitrogen and oxygen atoms in total. The number of benzene rings is 1. The van der Waals surface area contributed by atoms with Crippen molar-refractivity contribution >= 4 is 11.8 Å². The first-order valence-corrected chi connectivity index (χ1v) is 6.03. The van der Waals surface area contributed by atoms with Crippen LogP contribution in [0.4, 0.5) is 0 Å². The Morgan fingerprint density at radius 1 is 1.11 bits per heavy atom. The third kappa shape index (κ3) is 3.58. The van der Waals surface area contributed by atoms with E-state index in [2.05, 4.69) is 0 Å². The van der Waals surface area contributed by atoms with Gasteiger partial charge < -0.3 is 9.47 Å². The second-order valence-corrected chi connectivity index (χ2v) is 3.80. The van der Waals surface area contributed by atoms with Crippen molar-refractivity contribution in [1.29, 1.82) is 0 Å². The highest BCUT2D eigenvalue weighted by Crippen LogP contribution is 2.16. The van der Waals surface area contributed by atoms with Gasteiger partial charge in [-0.3, -0.25) is 9.59 Å². The van der Waals surface area contributed by atoms with Crippen molar-refractivity contribution in [2.24, 2.45) is 5.92 Å². The summed E-state index contributed by atoms with van der Waals surface area (Å²) in [6, 6.07) is 6.75. The van der Waals surface area contributed by atoms with Gasteiger partial charge in [-0.05, 0) is 45.0 Å². The van der Waals surface area contributed by atoms with E-state index in [1.54, 1.807) is 38.1 Å². The number of rotatable bonds is 6. The summed E-state index contributed by atoms with van der Waals surface area (Å²) in [4.78, 5) is 23.4. The monoisotopic (exact) mass is 250 g/mol.